The lowest BCUT2D eigenvalue weighted by Crippen LogP contribution is -2.22. The number of aromatic nitrogens is 2. The number of carbonyl (C=O) groups excluding carboxylic acids is 1. The number of fused-ring (bicyclic) bond motifs is 3. The van der Waals surface area contributed by atoms with Crippen LogP contribution in [0.5, 0.6) is 0 Å². The van der Waals surface area contributed by atoms with Crippen LogP contribution < -0.4 is 15.8 Å². The number of aryl methyl sites for hydroxylation is 2. The zero-order chi connectivity index (χ0) is 20.5. The molecule has 0 spiro atoms. The molecule has 8 heteroatoms. The minimum Gasteiger partial charge on any atom is -0.378 e. The smallest absolute Gasteiger partial charge is 0.262 e. The van der Waals surface area contributed by atoms with E-state index in [9.17, 15) is 9.59 Å². The first kappa shape index (κ1) is 20.0. The Bertz CT molecular complexity index is 1120. The van der Waals surface area contributed by atoms with Gasteiger partial charge in [0.05, 0.1) is 11.1 Å². The molecule has 0 fully saturated rings. The first-order valence-electron chi connectivity index (χ1n) is 9.65. The summed E-state index contributed by atoms with van der Waals surface area (Å²) in [4.78, 5) is 34.1. The van der Waals surface area contributed by atoms with Gasteiger partial charge in [-0.25, -0.2) is 4.98 Å². The van der Waals surface area contributed by atoms with E-state index in [1.807, 2.05) is 43.3 Å². The minimum atomic E-state index is -0.118. The van der Waals surface area contributed by atoms with Gasteiger partial charge in [0.1, 0.15) is 4.83 Å². The third kappa shape index (κ3) is 4.04. The van der Waals surface area contributed by atoms with Gasteiger partial charge in [0, 0.05) is 37.4 Å². The van der Waals surface area contributed by atoms with Crippen LogP contribution in [-0.4, -0.2) is 35.3 Å². The van der Waals surface area contributed by atoms with Crippen LogP contribution in [0.3, 0.4) is 0 Å². The summed E-state index contributed by atoms with van der Waals surface area (Å²) in [5, 5.41) is 4.26. The summed E-state index contributed by atoms with van der Waals surface area (Å²) >= 11 is 2.93. The monoisotopic (exact) mass is 428 g/mol. The van der Waals surface area contributed by atoms with E-state index in [4.69, 9.17) is 4.98 Å². The average molecular weight is 429 g/mol. The minimum absolute atomic E-state index is 0.00316. The summed E-state index contributed by atoms with van der Waals surface area (Å²) in [7, 11) is 5.69. The van der Waals surface area contributed by atoms with Crippen molar-refractivity contribution in [3.63, 3.8) is 0 Å². The lowest BCUT2D eigenvalue weighted by Gasteiger charge is -2.13. The number of hydrogen-bond acceptors (Lipinski definition) is 6. The van der Waals surface area contributed by atoms with Crippen molar-refractivity contribution in [1.82, 2.24) is 9.55 Å². The molecule has 1 aliphatic carbocycles. The molecule has 0 saturated heterocycles. The fourth-order valence-electron chi connectivity index (χ4n) is 3.57. The highest BCUT2D eigenvalue weighted by Gasteiger charge is 2.21. The summed E-state index contributed by atoms with van der Waals surface area (Å²) in [5.74, 6) is 0.0826. The largest absolute Gasteiger partial charge is 0.378 e. The molecular formula is C21H24N4O2S2. The quantitative estimate of drug-likeness (QED) is 0.496. The van der Waals surface area contributed by atoms with E-state index < -0.39 is 0 Å². The molecule has 4 rings (SSSR count). The van der Waals surface area contributed by atoms with Crippen molar-refractivity contribution >= 4 is 50.6 Å². The first-order chi connectivity index (χ1) is 13.9. The van der Waals surface area contributed by atoms with Gasteiger partial charge in [0.2, 0.25) is 5.91 Å². The molecule has 0 saturated carbocycles. The van der Waals surface area contributed by atoms with E-state index in [2.05, 4.69) is 5.32 Å². The zero-order valence-electron chi connectivity index (χ0n) is 16.8. The Labute approximate surface area is 177 Å². The zero-order valence-corrected chi connectivity index (χ0v) is 18.5. The molecular weight excluding hydrogens is 404 g/mol. The Kier molecular flexibility index (Phi) is 5.65. The van der Waals surface area contributed by atoms with Gasteiger partial charge >= 0.3 is 0 Å². The second-order valence-corrected chi connectivity index (χ2v) is 9.45. The second kappa shape index (κ2) is 8.20. The molecule has 0 aliphatic heterocycles. The summed E-state index contributed by atoms with van der Waals surface area (Å²) < 4.78 is 1.58. The molecule has 29 heavy (non-hydrogen) atoms. The molecule has 0 radical (unpaired) electrons. The van der Waals surface area contributed by atoms with E-state index >= 15 is 0 Å². The molecule has 0 bridgehead atoms. The Balaban J connectivity index is 1.48. The van der Waals surface area contributed by atoms with Gasteiger partial charge in [-0.05, 0) is 55.5 Å². The fraction of sp³-hybridized carbons (Fsp3) is 0.381. The number of amides is 1. The fourth-order valence-corrected chi connectivity index (χ4v) is 5.64. The van der Waals surface area contributed by atoms with Crippen LogP contribution in [0.4, 0.5) is 11.4 Å². The highest BCUT2D eigenvalue weighted by Crippen LogP contribution is 2.34. The number of thioether (sulfide) groups is 1. The molecule has 2 heterocycles. The Morgan fingerprint density at radius 2 is 1.97 bits per heavy atom. The number of nitrogens with one attached hydrogen (secondary N) is 1. The molecule has 1 aliphatic rings. The summed E-state index contributed by atoms with van der Waals surface area (Å²) in [6, 6.07) is 7.68. The van der Waals surface area contributed by atoms with Crippen LogP contribution >= 0.6 is 23.1 Å². The number of thiophene rings is 1. The van der Waals surface area contributed by atoms with Crippen molar-refractivity contribution in [1.29, 1.82) is 0 Å². The van der Waals surface area contributed by atoms with Gasteiger partial charge in [-0.15, -0.1) is 11.3 Å². The number of hydrogen-bond donors (Lipinski definition) is 1. The summed E-state index contributed by atoms with van der Waals surface area (Å²) in [6.07, 6.45) is 4.32. The molecule has 0 unspecified atom stereocenters. The normalized spacial score (nSPS) is 13.3. The standard InChI is InChI=1S/C21H24N4O2S2/c1-24(2)14-10-8-13(9-11-14)22-17(26)12-28-21-23-19-18(20(27)25(21)3)15-6-4-5-7-16(15)29-19/h8-11H,4-7,12H2,1-3H3,(H,22,26). The highest BCUT2D eigenvalue weighted by atomic mass is 32.2. The summed E-state index contributed by atoms with van der Waals surface area (Å²) in [6.45, 7) is 0. The number of anilines is 2. The SMILES string of the molecule is CN(C)c1ccc(NC(=O)CSc2nc3sc4c(c3c(=O)n2C)CCCC4)cc1. The van der Waals surface area contributed by atoms with Crippen LogP contribution in [0.2, 0.25) is 0 Å². The van der Waals surface area contributed by atoms with Crippen molar-refractivity contribution in [2.75, 3.05) is 30.1 Å². The number of nitrogens with zero attached hydrogens (tertiary/aromatic N) is 3. The second-order valence-electron chi connectivity index (χ2n) is 7.43. The highest BCUT2D eigenvalue weighted by molar-refractivity contribution is 7.99. The van der Waals surface area contributed by atoms with Gasteiger partial charge in [-0.2, -0.15) is 0 Å². The van der Waals surface area contributed by atoms with E-state index in [0.717, 1.165) is 40.9 Å². The van der Waals surface area contributed by atoms with Crippen molar-refractivity contribution < 1.29 is 4.79 Å². The van der Waals surface area contributed by atoms with Crippen LogP contribution in [0.25, 0.3) is 10.2 Å². The third-order valence-electron chi connectivity index (χ3n) is 5.16. The van der Waals surface area contributed by atoms with Gasteiger partial charge in [0.15, 0.2) is 5.16 Å². The van der Waals surface area contributed by atoms with Gasteiger partial charge in [0.25, 0.3) is 5.56 Å². The van der Waals surface area contributed by atoms with Crippen LogP contribution in [0.1, 0.15) is 23.3 Å². The lowest BCUT2D eigenvalue weighted by atomic mass is 9.97. The van der Waals surface area contributed by atoms with E-state index in [1.165, 1.54) is 28.6 Å². The third-order valence-corrected chi connectivity index (χ3v) is 7.37. The van der Waals surface area contributed by atoms with Crippen LogP contribution in [-0.2, 0) is 24.7 Å². The Hall–Kier alpha value is -2.32. The van der Waals surface area contributed by atoms with Gasteiger partial charge in [-0.3, -0.25) is 14.2 Å². The number of rotatable bonds is 5. The first-order valence-corrected chi connectivity index (χ1v) is 11.5. The maximum atomic E-state index is 12.9. The van der Waals surface area contributed by atoms with Gasteiger partial charge < -0.3 is 10.2 Å². The predicted octanol–water partition coefficient (Wildman–Crippen LogP) is 3.67. The van der Waals surface area contributed by atoms with Crippen molar-refractivity contribution in [2.24, 2.45) is 7.05 Å². The van der Waals surface area contributed by atoms with Crippen molar-refractivity contribution in [3.05, 3.63) is 45.1 Å². The predicted molar refractivity (Wildman–Crippen MR) is 122 cm³/mol. The lowest BCUT2D eigenvalue weighted by molar-refractivity contribution is -0.113. The molecule has 1 aromatic carbocycles. The molecule has 2 aromatic heterocycles. The summed E-state index contributed by atoms with van der Waals surface area (Å²) in [5.41, 5.74) is 3.02. The molecule has 0 atom stereocenters. The van der Waals surface area contributed by atoms with E-state index in [1.54, 1.807) is 23.0 Å². The Morgan fingerprint density at radius 3 is 2.69 bits per heavy atom. The molecule has 3 aromatic rings. The Morgan fingerprint density at radius 1 is 1.24 bits per heavy atom. The molecule has 6 nitrogen and oxygen atoms in total. The van der Waals surface area contributed by atoms with E-state index in [0.29, 0.717) is 5.16 Å². The maximum Gasteiger partial charge on any atom is 0.262 e. The molecule has 152 valence electrons. The van der Waals surface area contributed by atoms with Crippen LogP contribution in [0.15, 0.2) is 34.2 Å². The molecule has 1 N–H and O–H groups in total. The molecule has 1 amide bonds. The number of benzene rings is 1. The van der Waals surface area contributed by atoms with E-state index in [-0.39, 0.29) is 17.2 Å². The topological polar surface area (TPSA) is 67.2 Å². The van der Waals surface area contributed by atoms with Crippen molar-refractivity contribution in [2.45, 2.75) is 30.8 Å². The van der Waals surface area contributed by atoms with Crippen LogP contribution in [0, 0.1) is 0 Å². The number of carbonyl (C=O) groups is 1. The van der Waals surface area contributed by atoms with Gasteiger partial charge in [-0.1, -0.05) is 11.8 Å². The maximum absolute atomic E-state index is 12.9. The van der Waals surface area contributed by atoms with Crippen molar-refractivity contribution in [3.8, 4) is 0 Å². The average Bonchev–Trinajstić information content (AvgIpc) is 3.08.